The Labute approximate surface area is 122 Å². The van der Waals surface area contributed by atoms with Crippen LogP contribution in [0.25, 0.3) is 0 Å². The lowest BCUT2D eigenvalue weighted by Crippen LogP contribution is -2.61. The number of rotatable bonds is 3. The Balaban J connectivity index is 1.77. The predicted molar refractivity (Wildman–Crippen MR) is 81.7 cm³/mol. The van der Waals surface area contributed by atoms with Crippen LogP contribution in [0.1, 0.15) is 50.4 Å². The Morgan fingerprint density at radius 1 is 1.30 bits per heavy atom. The standard InChI is InChI=1S/C16H28N4/c1-3-14-11-15(19(2)18-14)12-20-10-9-17-13-16(20)7-5-4-6-8-16/h11,17H,3-10,12-13H2,1-2H3. The van der Waals surface area contributed by atoms with E-state index in [1.54, 1.807) is 0 Å². The van der Waals surface area contributed by atoms with Gasteiger partial charge >= 0.3 is 0 Å². The van der Waals surface area contributed by atoms with Crippen molar-refractivity contribution in [1.29, 1.82) is 0 Å². The van der Waals surface area contributed by atoms with E-state index in [2.05, 4.69) is 40.0 Å². The zero-order valence-electron chi connectivity index (χ0n) is 13.0. The summed E-state index contributed by atoms with van der Waals surface area (Å²) in [6.45, 7) is 6.71. The molecule has 1 saturated heterocycles. The summed E-state index contributed by atoms with van der Waals surface area (Å²) in [7, 11) is 2.09. The number of nitrogens with zero attached hydrogens (tertiary/aromatic N) is 3. The topological polar surface area (TPSA) is 33.1 Å². The van der Waals surface area contributed by atoms with Crippen molar-refractivity contribution in [2.24, 2.45) is 7.05 Å². The lowest BCUT2D eigenvalue weighted by Gasteiger charge is -2.50. The molecule has 4 nitrogen and oxygen atoms in total. The van der Waals surface area contributed by atoms with Crippen LogP contribution in [-0.2, 0) is 20.0 Å². The first-order valence-corrected chi connectivity index (χ1v) is 8.21. The van der Waals surface area contributed by atoms with E-state index < -0.39 is 0 Å². The number of hydrogen-bond acceptors (Lipinski definition) is 3. The Kier molecular flexibility index (Phi) is 4.13. The molecular weight excluding hydrogens is 248 g/mol. The Bertz CT molecular complexity index is 437. The van der Waals surface area contributed by atoms with Gasteiger partial charge in [0.25, 0.3) is 0 Å². The van der Waals surface area contributed by atoms with Gasteiger partial charge in [0.05, 0.1) is 11.4 Å². The molecule has 0 radical (unpaired) electrons. The van der Waals surface area contributed by atoms with Crippen molar-refractivity contribution in [3.63, 3.8) is 0 Å². The van der Waals surface area contributed by atoms with Gasteiger partial charge in [-0.15, -0.1) is 0 Å². The molecule has 2 aliphatic rings. The average Bonchev–Trinajstić information content (AvgIpc) is 2.83. The molecule has 3 rings (SSSR count). The molecule has 2 fully saturated rings. The summed E-state index contributed by atoms with van der Waals surface area (Å²) in [5.41, 5.74) is 3.00. The van der Waals surface area contributed by atoms with Crippen LogP contribution < -0.4 is 5.32 Å². The van der Waals surface area contributed by atoms with Gasteiger partial charge in [-0.25, -0.2) is 0 Å². The van der Waals surface area contributed by atoms with Gasteiger partial charge in [-0.05, 0) is 25.3 Å². The molecule has 1 aliphatic heterocycles. The van der Waals surface area contributed by atoms with Gasteiger partial charge in [0, 0.05) is 38.8 Å². The van der Waals surface area contributed by atoms with E-state index in [-0.39, 0.29) is 0 Å². The molecule has 2 heterocycles. The van der Waals surface area contributed by atoms with Gasteiger partial charge in [0.1, 0.15) is 0 Å². The van der Waals surface area contributed by atoms with Gasteiger partial charge in [0.2, 0.25) is 0 Å². The second-order valence-corrected chi connectivity index (χ2v) is 6.49. The third kappa shape index (κ3) is 2.63. The van der Waals surface area contributed by atoms with E-state index in [0.717, 1.165) is 19.5 Å². The van der Waals surface area contributed by atoms with Gasteiger partial charge in [-0.2, -0.15) is 5.10 Å². The second-order valence-electron chi connectivity index (χ2n) is 6.49. The zero-order chi connectivity index (χ0) is 14.0. The molecule has 1 N–H and O–H groups in total. The number of hydrogen-bond donors (Lipinski definition) is 1. The minimum absolute atomic E-state index is 0.410. The van der Waals surface area contributed by atoms with Gasteiger partial charge in [-0.1, -0.05) is 26.2 Å². The summed E-state index contributed by atoms with van der Waals surface area (Å²) in [5.74, 6) is 0. The SMILES string of the molecule is CCc1cc(CN2CCNCC23CCCCC3)n(C)n1. The molecule has 0 bridgehead atoms. The predicted octanol–water partition coefficient (Wildman–Crippen LogP) is 2.09. The highest BCUT2D eigenvalue weighted by Crippen LogP contribution is 2.35. The Morgan fingerprint density at radius 3 is 2.80 bits per heavy atom. The molecule has 0 amide bonds. The van der Waals surface area contributed by atoms with E-state index in [1.165, 1.54) is 56.6 Å². The fourth-order valence-electron chi connectivity index (χ4n) is 3.92. The molecule has 1 spiro atoms. The Hall–Kier alpha value is -0.870. The normalized spacial score (nSPS) is 23.3. The molecule has 1 aliphatic carbocycles. The molecule has 0 aromatic carbocycles. The van der Waals surface area contributed by atoms with Crippen molar-refractivity contribution in [2.75, 3.05) is 19.6 Å². The largest absolute Gasteiger partial charge is 0.314 e. The maximum absolute atomic E-state index is 4.60. The second kappa shape index (κ2) is 5.86. The molecule has 0 unspecified atom stereocenters. The summed E-state index contributed by atoms with van der Waals surface area (Å²) >= 11 is 0. The number of piperazine rings is 1. The first-order valence-electron chi connectivity index (χ1n) is 8.21. The summed E-state index contributed by atoms with van der Waals surface area (Å²) in [6, 6.07) is 2.29. The lowest BCUT2D eigenvalue weighted by molar-refractivity contribution is 0.0191. The van der Waals surface area contributed by atoms with Crippen molar-refractivity contribution in [3.05, 3.63) is 17.5 Å². The van der Waals surface area contributed by atoms with E-state index in [9.17, 15) is 0 Å². The molecular formula is C16H28N4. The van der Waals surface area contributed by atoms with E-state index >= 15 is 0 Å². The molecule has 1 aromatic rings. The summed E-state index contributed by atoms with van der Waals surface area (Å²) in [6.07, 6.45) is 7.95. The van der Waals surface area contributed by atoms with Gasteiger partial charge < -0.3 is 5.32 Å². The van der Waals surface area contributed by atoms with Crippen LogP contribution in [0.5, 0.6) is 0 Å². The van der Waals surface area contributed by atoms with Gasteiger partial charge in [0.15, 0.2) is 0 Å². The smallest absolute Gasteiger partial charge is 0.0625 e. The van der Waals surface area contributed by atoms with Crippen LogP contribution in [0.4, 0.5) is 0 Å². The van der Waals surface area contributed by atoms with Crippen LogP contribution in [0.15, 0.2) is 6.07 Å². The molecule has 20 heavy (non-hydrogen) atoms. The lowest BCUT2D eigenvalue weighted by atomic mass is 9.79. The average molecular weight is 276 g/mol. The summed E-state index contributed by atoms with van der Waals surface area (Å²) in [5, 5.41) is 8.23. The Morgan fingerprint density at radius 2 is 2.10 bits per heavy atom. The van der Waals surface area contributed by atoms with Crippen molar-refractivity contribution in [2.45, 2.75) is 57.5 Å². The van der Waals surface area contributed by atoms with Crippen molar-refractivity contribution >= 4 is 0 Å². The van der Waals surface area contributed by atoms with Crippen LogP contribution in [-0.4, -0.2) is 39.9 Å². The third-order valence-corrected chi connectivity index (χ3v) is 5.21. The quantitative estimate of drug-likeness (QED) is 0.917. The first-order chi connectivity index (χ1) is 9.73. The summed E-state index contributed by atoms with van der Waals surface area (Å²) < 4.78 is 2.08. The zero-order valence-corrected chi connectivity index (χ0v) is 13.0. The molecule has 0 atom stereocenters. The third-order valence-electron chi connectivity index (χ3n) is 5.21. The summed E-state index contributed by atoms with van der Waals surface area (Å²) in [4.78, 5) is 2.74. The highest BCUT2D eigenvalue weighted by Gasteiger charge is 2.39. The minimum Gasteiger partial charge on any atom is -0.314 e. The van der Waals surface area contributed by atoms with Crippen LogP contribution in [0.2, 0.25) is 0 Å². The van der Waals surface area contributed by atoms with Crippen molar-refractivity contribution in [3.8, 4) is 0 Å². The van der Waals surface area contributed by atoms with Crippen molar-refractivity contribution < 1.29 is 0 Å². The number of aryl methyl sites for hydroxylation is 2. The van der Waals surface area contributed by atoms with Crippen LogP contribution >= 0.6 is 0 Å². The maximum atomic E-state index is 4.60. The van der Waals surface area contributed by atoms with E-state index in [0.29, 0.717) is 5.54 Å². The fourth-order valence-corrected chi connectivity index (χ4v) is 3.92. The van der Waals surface area contributed by atoms with Gasteiger partial charge in [-0.3, -0.25) is 9.58 Å². The minimum atomic E-state index is 0.410. The maximum Gasteiger partial charge on any atom is 0.0625 e. The fraction of sp³-hybridized carbons (Fsp3) is 0.812. The van der Waals surface area contributed by atoms with Crippen LogP contribution in [0, 0.1) is 0 Å². The van der Waals surface area contributed by atoms with Crippen LogP contribution in [0.3, 0.4) is 0 Å². The van der Waals surface area contributed by atoms with Crippen molar-refractivity contribution in [1.82, 2.24) is 20.0 Å². The van der Waals surface area contributed by atoms with E-state index in [1.807, 2.05) is 0 Å². The first kappa shape index (κ1) is 14.1. The van der Waals surface area contributed by atoms with E-state index in [4.69, 9.17) is 0 Å². The molecule has 1 aromatic heterocycles. The number of aromatic nitrogens is 2. The molecule has 1 saturated carbocycles. The monoisotopic (exact) mass is 276 g/mol. The highest BCUT2D eigenvalue weighted by molar-refractivity contribution is 5.11. The highest BCUT2D eigenvalue weighted by atomic mass is 15.3. The number of nitrogens with one attached hydrogen (secondary N) is 1. The molecule has 112 valence electrons. The molecule has 4 heteroatoms.